The molecular formula is C20H33N3O2. The maximum Gasteiger partial charge on any atom is 0.407 e. The lowest BCUT2D eigenvalue weighted by Crippen LogP contribution is -2.44. The van der Waals surface area contributed by atoms with Crippen molar-refractivity contribution >= 4 is 6.09 Å². The zero-order valence-electron chi connectivity index (χ0n) is 15.5. The molecule has 1 aliphatic rings. The van der Waals surface area contributed by atoms with Crippen LogP contribution in [0, 0.1) is 5.41 Å². The van der Waals surface area contributed by atoms with Gasteiger partial charge in [0.15, 0.2) is 0 Å². The summed E-state index contributed by atoms with van der Waals surface area (Å²) in [6.45, 7) is 6.91. The molecule has 0 radical (unpaired) electrons. The van der Waals surface area contributed by atoms with Crippen molar-refractivity contribution < 1.29 is 9.53 Å². The molecule has 1 heterocycles. The monoisotopic (exact) mass is 347 g/mol. The minimum Gasteiger partial charge on any atom is -0.450 e. The number of carbonyl (C=O) groups excluding carboxylic acids is 1. The summed E-state index contributed by atoms with van der Waals surface area (Å²) in [5.41, 5.74) is 7.84. The molecule has 0 aromatic heterocycles. The smallest absolute Gasteiger partial charge is 0.407 e. The number of piperidine rings is 1. The Bertz CT molecular complexity index is 499. The number of likely N-dealkylation sites (tertiary alicyclic amines) is 1. The minimum absolute atomic E-state index is 0.287. The number of nitrogens with one attached hydrogen (secondary N) is 1. The van der Waals surface area contributed by atoms with Gasteiger partial charge in [-0.3, -0.25) is 0 Å². The Morgan fingerprint density at radius 1 is 1.28 bits per heavy atom. The summed E-state index contributed by atoms with van der Waals surface area (Å²) in [5, 5.41) is 2.78. The third-order valence-corrected chi connectivity index (χ3v) is 5.33. The Kier molecular flexibility index (Phi) is 8.22. The highest BCUT2D eigenvalue weighted by Gasteiger charge is 2.32. The number of aryl methyl sites for hydroxylation is 1. The highest BCUT2D eigenvalue weighted by molar-refractivity contribution is 5.66. The Hall–Kier alpha value is -1.59. The van der Waals surface area contributed by atoms with E-state index in [1.54, 1.807) is 0 Å². The molecule has 5 heteroatoms. The highest BCUT2D eigenvalue weighted by Crippen LogP contribution is 2.35. The molecule has 0 saturated carbocycles. The number of benzene rings is 1. The summed E-state index contributed by atoms with van der Waals surface area (Å²) in [4.78, 5) is 13.7. The number of hydrogen-bond acceptors (Lipinski definition) is 4. The van der Waals surface area contributed by atoms with E-state index in [1.165, 1.54) is 24.8 Å². The molecule has 1 aromatic rings. The van der Waals surface area contributed by atoms with E-state index in [4.69, 9.17) is 10.5 Å². The van der Waals surface area contributed by atoms with Gasteiger partial charge in [-0.05, 0) is 76.2 Å². The van der Waals surface area contributed by atoms with Crippen LogP contribution in [-0.4, -0.2) is 50.3 Å². The van der Waals surface area contributed by atoms with E-state index >= 15 is 0 Å². The van der Waals surface area contributed by atoms with E-state index in [1.807, 2.05) is 6.92 Å². The van der Waals surface area contributed by atoms with Gasteiger partial charge in [-0.15, -0.1) is 0 Å². The molecule has 1 aliphatic heterocycles. The van der Waals surface area contributed by atoms with Crippen molar-refractivity contribution in [3.63, 3.8) is 0 Å². The van der Waals surface area contributed by atoms with E-state index in [0.29, 0.717) is 13.2 Å². The largest absolute Gasteiger partial charge is 0.450 e. The van der Waals surface area contributed by atoms with E-state index in [2.05, 4.69) is 40.5 Å². The van der Waals surface area contributed by atoms with Gasteiger partial charge < -0.3 is 20.7 Å². The molecule has 2 rings (SSSR count). The van der Waals surface area contributed by atoms with Gasteiger partial charge in [-0.2, -0.15) is 0 Å². The fourth-order valence-corrected chi connectivity index (χ4v) is 3.54. The maximum atomic E-state index is 11.2. The first-order valence-electron chi connectivity index (χ1n) is 9.54. The SMILES string of the molecule is CCOC(=O)NCCCN1CCC(CN)(CCc2ccccc2)CC1. The van der Waals surface area contributed by atoms with Crippen LogP contribution in [0.3, 0.4) is 0 Å². The Morgan fingerprint density at radius 2 is 2.00 bits per heavy atom. The Morgan fingerprint density at radius 3 is 2.64 bits per heavy atom. The summed E-state index contributed by atoms with van der Waals surface area (Å²) in [7, 11) is 0. The first-order valence-corrected chi connectivity index (χ1v) is 9.54. The van der Waals surface area contributed by atoms with Crippen molar-refractivity contribution in [3.05, 3.63) is 35.9 Å². The first kappa shape index (κ1) is 19.7. The summed E-state index contributed by atoms with van der Waals surface area (Å²) < 4.78 is 4.86. The number of hydrogen-bond donors (Lipinski definition) is 2. The third kappa shape index (κ3) is 6.67. The van der Waals surface area contributed by atoms with Crippen molar-refractivity contribution in [3.8, 4) is 0 Å². The molecule has 0 spiro atoms. The molecule has 1 saturated heterocycles. The molecule has 0 bridgehead atoms. The van der Waals surface area contributed by atoms with Crippen LogP contribution in [0.2, 0.25) is 0 Å². The van der Waals surface area contributed by atoms with Gasteiger partial charge in [0.1, 0.15) is 0 Å². The Balaban J connectivity index is 1.67. The predicted molar refractivity (Wildman–Crippen MR) is 102 cm³/mol. The zero-order valence-corrected chi connectivity index (χ0v) is 15.5. The van der Waals surface area contributed by atoms with E-state index in [-0.39, 0.29) is 11.5 Å². The van der Waals surface area contributed by atoms with Crippen molar-refractivity contribution in [2.45, 2.75) is 39.0 Å². The van der Waals surface area contributed by atoms with E-state index < -0.39 is 0 Å². The number of ether oxygens (including phenoxy) is 1. The average molecular weight is 348 g/mol. The quantitative estimate of drug-likeness (QED) is 0.674. The van der Waals surface area contributed by atoms with Crippen LogP contribution in [0.25, 0.3) is 0 Å². The number of carbonyl (C=O) groups is 1. The molecule has 3 N–H and O–H groups in total. The minimum atomic E-state index is -0.316. The normalized spacial score (nSPS) is 17.2. The number of alkyl carbamates (subject to hydrolysis) is 1. The van der Waals surface area contributed by atoms with Crippen LogP contribution in [0.5, 0.6) is 0 Å². The van der Waals surface area contributed by atoms with Crippen molar-refractivity contribution in [1.29, 1.82) is 0 Å². The molecule has 1 aromatic carbocycles. The molecule has 5 nitrogen and oxygen atoms in total. The standard InChI is InChI=1S/C20H33N3O2/c1-2-25-19(24)22-13-6-14-23-15-11-20(17-21,12-16-23)10-9-18-7-4-3-5-8-18/h3-5,7-8H,2,6,9-17,21H2,1H3,(H,22,24). The lowest BCUT2D eigenvalue weighted by atomic mass is 9.74. The molecule has 0 aliphatic carbocycles. The van der Waals surface area contributed by atoms with E-state index in [0.717, 1.165) is 39.0 Å². The number of nitrogens with zero attached hydrogens (tertiary/aromatic N) is 1. The second kappa shape index (κ2) is 10.4. The van der Waals surface area contributed by atoms with E-state index in [9.17, 15) is 4.79 Å². The van der Waals surface area contributed by atoms with Gasteiger partial charge in [-0.25, -0.2) is 4.79 Å². The van der Waals surface area contributed by atoms with Gasteiger partial charge in [0, 0.05) is 6.54 Å². The first-order chi connectivity index (χ1) is 12.2. The summed E-state index contributed by atoms with van der Waals surface area (Å²) in [6, 6.07) is 10.7. The average Bonchev–Trinajstić information content (AvgIpc) is 2.66. The lowest BCUT2D eigenvalue weighted by Gasteiger charge is -2.41. The van der Waals surface area contributed by atoms with Crippen LogP contribution in [0.15, 0.2) is 30.3 Å². The second-order valence-electron chi connectivity index (χ2n) is 7.03. The second-order valence-corrected chi connectivity index (χ2v) is 7.03. The fourth-order valence-electron chi connectivity index (χ4n) is 3.54. The van der Waals surface area contributed by atoms with Gasteiger partial charge in [0.25, 0.3) is 0 Å². The molecule has 25 heavy (non-hydrogen) atoms. The van der Waals surface area contributed by atoms with Gasteiger partial charge in [-0.1, -0.05) is 30.3 Å². The van der Waals surface area contributed by atoms with Crippen LogP contribution in [-0.2, 0) is 11.2 Å². The van der Waals surface area contributed by atoms with Gasteiger partial charge in [0.2, 0.25) is 0 Å². The zero-order chi connectivity index (χ0) is 18.0. The number of rotatable bonds is 9. The van der Waals surface area contributed by atoms with Crippen molar-refractivity contribution in [1.82, 2.24) is 10.2 Å². The summed E-state index contributed by atoms with van der Waals surface area (Å²) in [5.74, 6) is 0. The molecular weight excluding hydrogens is 314 g/mol. The third-order valence-electron chi connectivity index (χ3n) is 5.33. The number of nitrogens with two attached hydrogens (primary N) is 1. The highest BCUT2D eigenvalue weighted by atomic mass is 16.5. The number of amides is 1. The van der Waals surface area contributed by atoms with Crippen molar-refractivity contribution in [2.75, 3.05) is 39.3 Å². The lowest BCUT2D eigenvalue weighted by molar-refractivity contribution is 0.101. The Labute approximate surface area is 151 Å². The topological polar surface area (TPSA) is 67.6 Å². The summed E-state index contributed by atoms with van der Waals surface area (Å²) >= 11 is 0. The predicted octanol–water partition coefficient (Wildman–Crippen LogP) is 2.80. The van der Waals surface area contributed by atoms with Crippen LogP contribution >= 0.6 is 0 Å². The molecule has 1 fully saturated rings. The van der Waals surface area contributed by atoms with Crippen LogP contribution in [0.4, 0.5) is 4.79 Å². The maximum absolute atomic E-state index is 11.2. The molecule has 0 atom stereocenters. The molecule has 1 amide bonds. The van der Waals surface area contributed by atoms with Gasteiger partial charge >= 0.3 is 6.09 Å². The molecule has 0 unspecified atom stereocenters. The van der Waals surface area contributed by atoms with Crippen molar-refractivity contribution in [2.24, 2.45) is 11.1 Å². The fraction of sp³-hybridized carbons (Fsp3) is 0.650. The van der Waals surface area contributed by atoms with Gasteiger partial charge in [0.05, 0.1) is 6.61 Å². The molecule has 140 valence electrons. The van der Waals surface area contributed by atoms with Crippen LogP contribution < -0.4 is 11.1 Å². The van der Waals surface area contributed by atoms with Crippen LogP contribution in [0.1, 0.15) is 38.2 Å². The summed E-state index contributed by atoms with van der Waals surface area (Å²) in [6.07, 6.45) is 5.26.